The number of nitrogen functional groups attached to an aromatic ring is 1. The van der Waals surface area contributed by atoms with Crippen LogP contribution < -0.4 is 5.73 Å². The van der Waals surface area contributed by atoms with E-state index in [2.05, 4.69) is 25.9 Å². The molecule has 4 nitrogen and oxygen atoms in total. The number of anilines is 1. The minimum absolute atomic E-state index is 0.441. The Bertz CT molecular complexity index is 405. The second-order valence-corrected chi connectivity index (χ2v) is 5.64. The average molecular weight is 251 g/mol. The van der Waals surface area contributed by atoms with Gasteiger partial charge in [-0.1, -0.05) is 13.8 Å². The highest BCUT2D eigenvalue weighted by Gasteiger charge is 2.31. The van der Waals surface area contributed by atoms with Crippen molar-refractivity contribution in [2.24, 2.45) is 13.0 Å². The zero-order valence-electron chi connectivity index (χ0n) is 11.9. The van der Waals surface area contributed by atoms with Gasteiger partial charge in [0.05, 0.1) is 11.8 Å². The molecule has 2 rings (SSSR count). The molecule has 1 aliphatic rings. The number of hydrogen-bond donors (Lipinski definition) is 1. The van der Waals surface area contributed by atoms with Crippen LogP contribution in [0.15, 0.2) is 0 Å². The van der Waals surface area contributed by atoms with Crippen molar-refractivity contribution in [1.29, 1.82) is 0 Å². The maximum absolute atomic E-state index is 6.09. The number of rotatable bonds is 5. The average Bonchev–Trinajstić information content (AvgIpc) is 2.52. The van der Waals surface area contributed by atoms with Crippen molar-refractivity contribution in [2.45, 2.75) is 52.1 Å². The van der Waals surface area contributed by atoms with Crippen molar-refractivity contribution in [3.05, 3.63) is 11.3 Å². The van der Waals surface area contributed by atoms with E-state index in [-0.39, 0.29) is 0 Å². The Morgan fingerprint density at radius 3 is 2.67 bits per heavy atom. The first kappa shape index (κ1) is 13.4. The Morgan fingerprint density at radius 2 is 2.11 bits per heavy atom. The van der Waals surface area contributed by atoms with E-state index in [1.807, 2.05) is 11.7 Å². The standard InChI is InChI=1S/C14H25N3O/c1-5-18-11-6-10(7-11)8-12-13(9(2)3)14(15)17(4)16-12/h9-11H,5-8,15H2,1-4H3. The highest BCUT2D eigenvalue weighted by Crippen LogP contribution is 2.35. The molecule has 102 valence electrons. The molecule has 0 atom stereocenters. The van der Waals surface area contributed by atoms with Crippen molar-refractivity contribution in [2.75, 3.05) is 12.3 Å². The minimum Gasteiger partial charge on any atom is -0.384 e. The summed E-state index contributed by atoms with van der Waals surface area (Å²) in [6, 6.07) is 0. The molecular weight excluding hydrogens is 226 g/mol. The van der Waals surface area contributed by atoms with Crippen LogP contribution in [0.1, 0.15) is 50.8 Å². The molecule has 1 aliphatic carbocycles. The summed E-state index contributed by atoms with van der Waals surface area (Å²) in [5.74, 6) is 1.98. The van der Waals surface area contributed by atoms with Gasteiger partial charge in [-0.2, -0.15) is 5.10 Å². The molecule has 0 saturated heterocycles. The number of hydrogen-bond acceptors (Lipinski definition) is 3. The van der Waals surface area contributed by atoms with Crippen LogP contribution in [0.4, 0.5) is 5.82 Å². The highest BCUT2D eigenvalue weighted by molar-refractivity contribution is 5.45. The predicted octanol–water partition coefficient (Wildman–Crippen LogP) is 2.48. The van der Waals surface area contributed by atoms with Gasteiger partial charge in [-0.05, 0) is 38.0 Å². The first-order valence-electron chi connectivity index (χ1n) is 6.95. The second-order valence-electron chi connectivity index (χ2n) is 5.64. The molecule has 0 bridgehead atoms. The monoisotopic (exact) mass is 251 g/mol. The van der Waals surface area contributed by atoms with Crippen LogP contribution in [-0.4, -0.2) is 22.5 Å². The molecule has 0 radical (unpaired) electrons. The fourth-order valence-electron chi connectivity index (χ4n) is 2.88. The smallest absolute Gasteiger partial charge is 0.125 e. The summed E-state index contributed by atoms with van der Waals surface area (Å²) < 4.78 is 7.41. The van der Waals surface area contributed by atoms with Gasteiger partial charge >= 0.3 is 0 Å². The molecule has 1 saturated carbocycles. The van der Waals surface area contributed by atoms with E-state index in [9.17, 15) is 0 Å². The summed E-state index contributed by atoms with van der Waals surface area (Å²) in [6.07, 6.45) is 3.86. The minimum atomic E-state index is 0.441. The van der Waals surface area contributed by atoms with Crippen molar-refractivity contribution in [3.8, 4) is 0 Å². The third-order valence-electron chi connectivity index (χ3n) is 3.86. The van der Waals surface area contributed by atoms with E-state index in [1.54, 1.807) is 0 Å². The number of aryl methyl sites for hydroxylation is 1. The summed E-state index contributed by atoms with van der Waals surface area (Å²) in [5.41, 5.74) is 8.51. The second kappa shape index (κ2) is 5.31. The highest BCUT2D eigenvalue weighted by atomic mass is 16.5. The summed E-state index contributed by atoms with van der Waals surface area (Å²) in [4.78, 5) is 0. The van der Waals surface area contributed by atoms with Crippen molar-refractivity contribution < 1.29 is 4.74 Å². The Morgan fingerprint density at radius 1 is 1.44 bits per heavy atom. The quantitative estimate of drug-likeness (QED) is 0.874. The normalized spacial score (nSPS) is 23.4. The lowest BCUT2D eigenvalue weighted by Crippen LogP contribution is -2.32. The molecule has 1 aromatic heterocycles. The Kier molecular flexibility index (Phi) is 3.95. The number of nitrogens with two attached hydrogens (primary N) is 1. The van der Waals surface area contributed by atoms with Crippen LogP contribution in [-0.2, 0) is 18.2 Å². The van der Waals surface area contributed by atoms with E-state index in [1.165, 1.54) is 24.1 Å². The summed E-state index contributed by atoms with van der Waals surface area (Å²) >= 11 is 0. The molecule has 0 unspecified atom stereocenters. The van der Waals surface area contributed by atoms with Crippen molar-refractivity contribution in [3.63, 3.8) is 0 Å². The van der Waals surface area contributed by atoms with Gasteiger partial charge in [-0.25, -0.2) is 0 Å². The van der Waals surface area contributed by atoms with Gasteiger partial charge in [-0.15, -0.1) is 0 Å². The van der Waals surface area contributed by atoms with Crippen LogP contribution in [0.2, 0.25) is 0 Å². The summed E-state index contributed by atoms with van der Waals surface area (Å²) in [6.45, 7) is 7.25. The molecular formula is C14H25N3O. The molecule has 0 aromatic carbocycles. The molecule has 18 heavy (non-hydrogen) atoms. The van der Waals surface area contributed by atoms with Gasteiger partial charge < -0.3 is 10.5 Å². The maximum atomic E-state index is 6.09. The molecule has 1 heterocycles. The van der Waals surface area contributed by atoms with E-state index in [0.29, 0.717) is 17.9 Å². The van der Waals surface area contributed by atoms with E-state index < -0.39 is 0 Å². The Balaban J connectivity index is 2.00. The molecule has 0 amide bonds. The lowest BCUT2D eigenvalue weighted by atomic mass is 9.78. The fourth-order valence-corrected chi connectivity index (χ4v) is 2.88. The van der Waals surface area contributed by atoms with Gasteiger partial charge in [0.25, 0.3) is 0 Å². The zero-order valence-corrected chi connectivity index (χ0v) is 11.9. The van der Waals surface area contributed by atoms with Crippen molar-refractivity contribution >= 4 is 5.82 Å². The third kappa shape index (κ3) is 2.53. The molecule has 0 aliphatic heterocycles. The summed E-state index contributed by atoms with van der Waals surface area (Å²) in [5, 5.41) is 4.58. The Hall–Kier alpha value is -1.03. The summed E-state index contributed by atoms with van der Waals surface area (Å²) in [7, 11) is 1.93. The lowest BCUT2D eigenvalue weighted by Gasteiger charge is -2.34. The lowest BCUT2D eigenvalue weighted by molar-refractivity contribution is -0.0243. The molecule has 0 spiro atoms. The first-order chi connectivity index (χ1) is 8.52. The van der Waals surface area contributed by atoms with Gasteiger partial charge in [0, 0.05) is 19.2 Å². The van der Waals surface area contributed by atoms with Gasteiger partial charge in [0.15, 0.2) is 0 Å². The van der Waals surface area contributed by atoms with Crippen molar-refractivity contribution in [1.82, 2.24) is 9.78 Å². The number of aromatic nitrogens is 2. The Labute approximate surface area is 110 Å². The van der Waals surface area contributed by atoms with Gasteiger partial charge in [0.2, 0.25) is 0 Å². The van der Waals surface area contributed by atoms with Crippen LogP contribution in [0, 0.1) is 5.92 Å². The molecule has 1 fully saturated rings. The predicted molar refractivity (Wildman–Crippen MR) is 73.6 cm³/mol. The van der Waals surface area contributed by atoms with E-state index in [4.69, 9.17) is 10.5 Å². The van der Waals surface area contributed by atoms with Crippen LogP contribution in [0.5, 0.6) is 0 Å². The molecule has 4 heteroatoms. The van der Waals surface area contributed by atoms with E-state index >= 15 is 0 Å². The van der Waals surface area contributed by atoms with Crippen LogP contribution in [0.3, 0.4) is 0 Å². The molecule has 1 aromatic rings. The molecule has 2 N–H and O–H groups in total. The zero-order chi connectivity index (χ0) is 13.3. The van der Waals surface area contributed by atoms with Crippen LogP contribution in [0.25, 0.3) is 0 Å². The van der Waals surface area contributed by atoms with Crippen LogP contribution >= 0.6 is 0 Å². The number of ether oxygens (including phenoxy) is 1. The number of nitrogens with zero attached hydrogens (tertiary/aromatic N) is 2. The van der Waals surface area contributed by atoms with Gasteiger partial charge in [0.1, 0.15) is 5.82 Å². The fraction of sp³-hybridized carbons (Fsp3) is 0.786. The SMILES string of the molecule is CCOC1CC(Cc2nn(C)c(N)c2C(C)C)C1. The largest absolute Gasteiger partial charge is 0.384 e. The van der Waals surface area contributed by atoms with E-state index in [0.717, 1.165) is 18.8 Å². The van der Waals surface area contributed by atoms with Gasteiger partial charge in [-0.3, -0.25) is 4.68 Å². The maximum Gasteiger partial charge on any atom is 0.125 e. The third-order valence-corrected chi connectivity index (χ3v) is 3.86. The first-order valence-corrected chi connectivity index (χ1v) is 6.95. The topological polar surface area (TPSA) is 53.1 Å².